The molecule has 1 aliphatic heterocycles. The first kappa shape index (κ1) is 20.6. The molecule has 0 saturated carbocycles. The average molecular weight is 489 g/mol. The zero-order valence-corrected chi connectivity index (χ0v) is 18.3. The van der Waals surface area contributed by atoms with E-state index in [0.29, 0.717) is 22.4 Å². The molecule has 154 valence electrons. The van der Waals surface area contributed by atoms with Crippen LogP contribution in [0.15, 0.2) is 59.2 Å². The SMILES string of the molecule is O=C(O)c1cnc(N2CCC[C@H]2c2ccc(Br)cc2)nc1COc1ccc(Cl)cc1. The Morgan fingerprint density at radius 1 is 1.20 bits per heavy atom. The third-order valence-corrected chi connectivity index (χ3v) is 5.82. The fraction of sp³-hybridized carbons (Fsp3) is 0.227. The molecule has 1 saturated heterocycles. The van der Waals surface area contributed by atoms with Crippen LogP contribution in [0.25, 0.3) is 0 Å². The van der Waals surface area contributed by atoms with Gasteiger partial charge in [0.2, 0.25) is 5.95 Å². The minimum Gasteiger partial charge on any atom is -0.487 e. The molecule has 1 fully saturated rings. The lowest BCUT2D eigenvalue weighted by Crippen LogP contribution is -2.26. The number of benzene rings is 2. The van der Waals surface area contributed by atoms with Crippen LogP contribution in [0.4, 0.5) is 5.95 Å². The van der Waals surface area contributed by atoms with Gasteiger partial charge in [0, 0.05) is 22.2 Å². The van der Waals surface area contributed by atoms with Crippen molar-refractivity contribution >= 4 is 39.4 Å². The van der Waals surface area contributed by atoms with Crippen molar-refractivity contribution in [3.05, 3.63) is 81.0 Å². The molecule has 30 heavy (non-hydrogen) atoms. The van der Waals surface area contributed by atoms with Gasteiger partial charge in [-0.25, -0.2) is 14.8 Å². The predicted molar refractivity (Wildman–Crippen MR) is 118 cm³/mol. The second kappa shape index (κ2) is 9.02. The Labute approximate surface area is 187 Å². The van der Waals surface area contributed by atoms with E-state index in [-0.39, 0.29) is 18.2 Å². The Hall–Kier alpha value is -2.64. The highest BCUT2D eigenvalue weighted by molar-refractivity contribution is 9.10. The third kappa shape index (κ3) is 4.57. The van der Waals surface area contributed by atoms with Crippen LogP contribution in [-0.2, 0) is 6.61 Å². The second-order valence-corrected chi connectivity index (χ2v) is 8.33. The molecule has 4 rings (SSSR count). The maximum Gasteiger partial charge on any atom is 0.339 e. The molecule has 0 radical (unpaired) electrons. The number of nitrogens with zero attached hydrogens (tertiary/aromatic N) is 3. The van der Waals surface area contributed by atoms with E-state index >= 15 is 0 Å². The van der Waals surface area contributed by atoms with Gasteiger partial charge in [-0.05, 0) is 54.8 Å². The molecule has 1 atom stereocenters. The first-order valence-electron chi connectivity index (χ1n) is 9.51. The first-order valence-corrected chi connectivity index (χ1v) is 10.7. The Kier molecular flexibility index (Phi) is 6.20. The minimum atomic E-state index is -1.08. The van der Waals surface area contributed by atoms with Crippen LogP contribution in [0.3, 0.4) is 0 Å². The van der Waals surface area contributed by atoms with Crippen molar-refractivity contribution in [1.29, 1.82) is 0 Å². The van der Waals surface area contributed by atoms with Crippen LogP contribution in [0.2, 0.25) is 5.02 Å². The van der Waals surface area contributed by atoms with E-state index < -0.39 is 5.97 Å². The second-order valence-electron chi connectivity index (χ2n) is 6.98. The van der Waals surface area contributed by atoms with E-state index in [1.54, 1.807) is 24.3 Å². The lowest BCUT2D eigenvalue weighted by molar-refractivity contribution is 0.0692. The van der Waals surface area contributed by atoms with Crippen LogP contribution < -0.4 is 9.64 Å². The van der Waals surface area contributed by atoms with Gasteiger partial charge in [0.15, 0.2) is 0 Å². The van der Waals surface area contributed by atoms with Crippen molar-refractivity contribution < 1.29 is 14.6 Å². The van der Waals surface area contributed by atoms with Crippen LogP contribution in [0.5, 0.6) is 5.75 Å². The summed E-state index contributed by atoms with van der Waals surface area (Å²) in [6.07, 6.45) is 3.37. The first-order chi connectivity index (χ1) is 14.5. The molecule has 6 nitrogen and oxygen atoms in total. The number of halogens is 2. The highest BCUT2D eigenvalue weighted by atomic mass is 79.9. The Morgan fingerprint density at radius 3 is 2.63 bits per heavy atom. The van der Waals surface area contributed by atoms with Crippen LogP contribution in [0, 0.1) is 0 Å². The van der Waals surface area contributed by atoms with Gasteiger partial charge >= 0.3 is 5.97 Å². The van der Waals surface area contributed by atoms with E-state index in [1.165, 1.54) is 11.8 Å². The molecule has 3 aromatic rings. The van der Waals surface area contributed by atoms with Gasteiger partial charge < -0.3 is 14.7 Å². The van der Waals surface area contributed by atoms with Gasteiger partial charge in [0.25, 0.3) is 0 Å². The average Bonchev–Trinajstić information content (AvgIpc) is 3.23. The van der Waals surface area contributed by atoms with Crippen LogP contribution in [-0.4, -0.2) is 27.6 Å². The number of anilines is 1. The summed E-state index contributed by atoms with van der Waals surface area (Å²) in [6, 6.07) is 15.3. The van der Waals surface area contributed by atoms with Crippen molar-refractivity contribution in [3.8, 4) is 5.75 Å². The summed E-state index contributed by atoms with van der Waals surface area (Å²) in [5.74, 6) is 0.0204. The number of hydrogen-bond donors (Lipinski definition) is 1. The lowest BCUT2D eigenvalue weighted by Gasteiger charge is -2.25. The molecule has 2 heterocycles. The van der Waals surface area contributed by atoms with E-state index in [4.69, 9.17) is 16.3 Å². The van der Waals surface area contributed by atoms with E-state index in [0.717, 1.165) is 23.9 Å². The predicted octanol–water partition coefficient (Wildman–Crippen LogP) is 5.51. The fourth-order valence-electron chi connectivity index (χ4n) is 3.55. The van der Waals surface area contributed by atoms with Crippen molar-refractivity contribution in [1.82, 2.24) is 9.97 Å². The molecule has 1 N–H and O–H groups in total. The zero-order valence-electron chi connectivity index (χ0n) is 16.0. The molecule has 0 bridgehead atoms. The molecule has 2 aromatic carbocycles. The topological polar surface area (TPSA) is 75.5 Å². The molecule has 0 amide bonds. The molecule has 0 spiro atoms. The number of aromatic nitrogens is 2. The quantitative estimate of drug-likeness (QED) is 0.493. The van der Waals surface area contributed by atoms with E-state index in [9.17, 15) is 9.90 Å². The standard InChI is InChI=1S/C22H19BrClN3O3/c23-15-5-3-14(4-6-15)20-2-1-11-27(20)22-25-12-18(21(28)29)19(26-22)13-30-17-9-7-16(24)8-10-17/h3-10,12,20H,1-2,11,13H2,(H,28,29)/t20-/m0/s1. The van der Waals surface area contributed by atoms with Gasteiger partial charge in [-0.1, -0.05) is 39.7 Å². The number of aromatic carboxylic acids is 1. The normalized spacial score (nSPS) is 15.9. The zero-order chi connectivity index (χ0) is 21.1. The summed E-state index contributed by atoms with van der Waals surface area (Å²) in [5.41, 5.74) is 1.55. The van der Waals surface area contributed by atoms with Gasteiger partial charge in [-0.15, -0.1) is 0 Å². The van der Waals surface area contributed by atoms with Gasteiger partial charge in [-0.3, -0.25) is 0 Å². The Morgan fingerprint density at radius 2 is 1.93 bits per heavy atom. The Bertz CT molecular complexity index is 1040. The summed E-state index contributed by atoms with van der Waals surface area (Å²) >= 11 is 9.37. The number of hydrogen-bond acceptors (Lipinski definition) is 5. The lowest BCUT2D eigenvalue weighted by atomic mass is 10.1. The van der Waals surface area contributed by atoms with Crippen molar-refractivity contribution in [3.63, 3.8) is 0 Å². The van der Waals surface area contributed by atoms with Gasteiger partial charge in [-0.2, -0.15) is 0 Å². The number of carboxylic acids is 1. The van der Waals surface area contributed by atoms with E-state index in [1.807, 2.05) is 12.1 Å². The van der Waals surface area contributed by atoms with Gasteiger partial charge in [0.1, 0.15) is 17.9 Å². The molecule has 8 heteroatoms. The maximum atomic E-state index is 11.7. The number of carboxylic acid groups (broad SMARTS) is 1. The number of carbonyl (C=O) groups is 1. The largest absolute Gasteiger partial charge is 0.487 e. The molecule has 1 aromatic heterocycles. The number of rotatable bonds is 6. The Balaban J connectivity index is 1.60. The third-order valence-electron chi connectivity index (χ3n) is 5.04. The maximum absolute atomic E-state index is 11.7. The summed E-state index contributed by atoms with van der Waals surface area (Å²) in [4.78, 5) is 22.7. The molecular formula is C22H19BrClN3O3. The van der Waals surface area contributed by atoms with Crippen LogP contribution in [0.1, 0.15) is 40.5 Å². The van der Waals surface area contributed by atoms with Crippen molar-refractivity contribution in [2.24, 2.45) is 0 Å². The summed E-state index contributed by atoms with van der Waals surface area (Å²) in [5, 5.41) is 10.1. The molecule has 0 aliphatic carbocycles. The van der Waals surface area contributed by atoms with Gasteiger partial charge in [0.05, 0.1) is 11.7 Å². The summed E-state index contributed by atoms with van der Waals surface area (Å²) in [7, 11) is 0. The highest BCUT2D eigenvalue weighted by Gasteiger charge is 2.29. The summed E-state index contributed by atoms with van der Waals surface area (Å²) in [6.45, 7) is 0.834. The molecule has 1 aliphatic rings. The summed E-state index contributed by atoms with van der Waals surface area (Å²) < 4.78 is 6.77. The van der Waals surface area contributed by atoms with E-state index in [2.05, 4.69) is 42.9 Å². The fourth-order valence-corrected chi connectivity index (χ4v) is 3.94. The van der Waals surface area contributed by atoms with Crippen molar-refractivity contribution in [2.75, 3.05) is 11.4 Å². The smallest absolute Gasteiger partial charge is 0.339 e. The van der Waals surface area contributed by atoms with Crippen LogP contribution >= 0.6 is 27.5 Å². The molecular weight excluding hydrogens is 470 g/mol. The highest BCUT2D eigenvalue weighted by Crippen LogP contribution is 2.35. The minimum absolute atomic E-state index is 0.0234. The molecule has 0 unspecified atom stereocenters. The monoisotopic (exact) mass is 487 g/mol. The van der Waals surface area contributed by atoms with Crippen molar-refractivity contribution in [2.45, 2.75) is 25.5 Å². The number of ether oxygens (including phenoxy) is 1.